The van der Waals surface area contributed by atoms with Gasteiger partial charge in [-0.2, -0.15) is 0 Å². The highest BCUT2D eigenvalue weighted by Gasteiger charge is 2.56. The molecule has 6 heterocycles. The molecule has 692 valence electrons. The molecule has 0 aromatic heterocycles. The molecule has 0 saturated carbocycles. The molecule has 13 aromatic rings. The minimum absolute atomic E-state index is 0.0371. The van der Waals surface area contributed by atoms with Crippen molar-refractivity contribution < 1.29 is 103 Å². The third kappa shape index (κ3) is 24.3. The van der Waals surface area contributed by atoms with Crippen LogP contribution in [0.15, 0.2) is 255 Å². The predicted octanol–water partition coefficient (Wildman–Crippen LogP) is 28.3. The Hall–Kier alpha value is -13.9. The molecule has 0 aliphatic carbocycles. The molecule has 0 saturated heterocycles. The number of methoxy groups -OCH3 is 2. The van der Waals surface area contributed by atoms with Crippen molar-refractivity contribution >= 4 is 39.5 Å². The number of aromatic hydroxyl groups is 8. The molecule has 21 nitrogen and oxygen atoms in total. The molecule has 3 spiro atoms. The summed E-state index contributed by atoms with van der Waals surface area (Å²) in [6.45, 7) is 41.5. The molecule has 8 N–H and O–H groups in total. The maximum Gasteiger partial charge on any atom is 0.340 e. The molecule has 6 aliphatic heterocycles. The van der Waals surface area contributed by atoms with Crippen molar-refractivity contribution in [3.63, 3.8) is 0 Å². The van der Waals surface area contributed by atoms with Gasteiger partial charge in [-0.1, -0.05) is 274 Å². The lowest BCUT2D eigenvalue weighted by atomic mass is 9.77. The molecular weight excluding hydrogens is 1650 g/mol. The number of ether oxygens (including phenoxy) is 10. The van der Waals surface area contributed by atoms with Crippen LogP contribution in [-0.4, -0.2) is 86.6 Å². The van der Waals surface area contributed by atoms with E-state index in [1.54, 1.807) is 136 Å². The fraction of sp³-hybridized carbons (Fsp3) is 0.294. The highest BCUT2D eigenvalue weighted by molar-refractivity contribution is 5.99. The van der Waals surface area contributed by atoms with Crippen LogP contribution in [0.3, 0.4) is 0 Å². The van der Waals surface area contributed by atoms with E-state index in [1.165, 1.54) is 86.7 Å². The van der Waals surface area contributed by atoms with Gasteiger partial charge in [0.2, 0.25) is 0 Å². The van der Waals surface area contributed by atoms with Crippen molar-refractivity contribution in [2.75, 3.05) is 27.8 Å². The Morgan fingerprint density at radius 3 is 0.800 bits per heavy atom. The summed E-state index contributed by atoms with van der Waals surface area (Å²) >= 11 is 0. The molecule has 0 bridgehead atoms. The van der Waals surface area contributed by atoms with Crippen molar-refractivity contribution in [3.8, 4) is 92.0 Å². The first-order chi connectivity index (χ1) is 63.0. The average Bonchev–Trinajstić information content (AvgIpc) is 1.53. The average molecular weight is 1780 g/mol. The molecule has 130 heavy (non-hydrogen) atoms. The molecule has 21 heteroatoms. The van der Waals surface area contributed by atoms with Gasteiger partial charge < -0.3 is 88.2 Å². The van der Waals surface area contributed by atoms with Gasteiger partial charge in [0, 0.05) is 123 Å². The van der Waals surface area contributed by atoms with Gasteiger partial charge in [0.25, 0.3) is 0 Å². The molecule has 6 aliphatic rings. The fourth-order valence-electron chi connectivity index (χ4n) is 13.9. The zero-order valence-electron chi connectivity index (χ0n) is 79.1. The van der Waals surface area contributed by atoms with Gasteiger partial charge in [0.1, 0.15) is 92.0 Å². The lowest BCUT2D eigenvalue weighted by Gasteiger charge is -2.36. The van der Waals surface area contributed by atoms with Gasteiger partial charge in [0.05, 0.1) is 16.7 Å². The maximum absolute atomic E-state index is 12.8. The molecular formula is C109H130O21. The van der Waals surface area contributed by atoms with E-state index in [4.69, 9.17) is 52.5 Å². The van der Waals surface area contributed by atoms with Gasteiger partial charge in [-0.15, -0.1) is 0 Å². The number of hydrogen-bond donors (Lipinski definition) is 8. The van der Waals surface area contributed by atoms with Crippen molar-refractivity contribution in [3.05, 3.63) is 322 Å². The fourth-order valence-corrected chi connectivity index (χ4v) is 13.9. The second-order valence-corrected chi connectivity index (χ2v) is 28.2. The van der Waals surface area contributed by atoms with E-state index in [0.717, 1.165) is 16.3 Å². The maximum atomic E-state index is 12.8. The number of esters is 3. The normalized spacial score (nSPS) is 12.4. The number of carbonyl (C=O) groups is 3. The summed E-state index contributed by atoms with van der Waals surface area (Å²) in [5.74, 6) is 3.23. The Bertz CT molecular complexity index is 5370. The zero-order valence-corrected chi connectivity index (χ0v) is 79.1. The number of hydrogen-bond acceptors (Lipinski definition) is 21. The van der Waals surface area contributed by atoms with Crippen LogP contribution >= 0.6 is 0 Å². The smallest absolute Gasteiger partial charge is 0.340 e. The number of phenols is 8. The summed E-state index contributed by atoms with van der Waals surface area (Å²) in [6, 6.07) is 71.9. The third-order valence-corrected chi connectivity index (χ3v) is 18.4. The van der Waals surface area contributed by atoms with E-state index in [9.17, 15) is 50.1 Å². The van der Waals surface area contributed by atoms with Gasteiger partial charge >= 0.3 is 17.9 Å². The quantitative estimate of drug-likeness (QED) is 0.0436. The lowest BCUT2D eigenvalue weighted by molar-refractivity contribution is 0.0212. The van der Waals surface area contributed by atoms with Crippen molar-refractivity contribution in [1.29, 1.82) is 0 Å². The Labute approximate surface area is 766 Å². The molecule has 0 amide bonds. The summed E-state index contributed by atoms with van der Waals surface area (Å²) in [5, 5.41) is 79.6. The first kappa shape index (κ1) is 107. The minimum atomic E-state index is -1.17. The van der Waals surface area contributed by atoms with Gasteiger partial charge in [-0.25, -0.2) is 14.4 Å². The van der Waals surface area contributed by atoms with E-state index < -0.39 is 28.7 Å². The van der Waals surface area contributed by atoms with Gasteiger partial charge in [-0.3, -0.25) is 0 Å². The molecule has 19 rings (SSSR count). The van der Waals surface area contributed by atoms with Crippen LogP contribution in [0.5, 0.6) is 92.0 Å². The van der Waals surface area contributed by atoms with E-state index >= 15 is 0 Å². The summed E-state index contributed by atoms with van der Waals surface area (Å²) in [7, 11) is 3.10. The number of benzene rings is 13. The third-order valence-electron chi connectivity index (χ3n) is 18.4. The number of carbonyl (C=O) groups excluding carboxylic acids is 3. The largest absolute Gasteiger partial charge is 0.508 e. The minimum Gasteiger partial charge on any atom is -0.508 e. The molecule has 0 fully saturated rings. The van der Waals surface area contributed by atoms with Crippen LogP contribution in [0.25, 0.3) is 21.5 Å². The molecule has 0 radical (unpaired) electrons. The van der Waals surface area contributed by atoms with E-state index in [2.05, 4.69) is 69.2 Å². The summed E-state index contributed by atoms with van der Waals surface area (Å²) in [6.07, 6.45) is 6.25. The van der Waals surface area contributed by atoms with Crippen LogP contribution in [0, 0.1) is 0 Å². The molecule has 13 aromatic carbocycles. The van der Waals surface area contributed by atoms with Crippen LogP contribution < -0.4 is 23.7 Å². The predicted molar refractivity (Wildman–Crippen MR) is 517 cm³/mol. The number of phenolic OH excluding ortho intramolecular Hbond substituents is 8. The van der Waals surface area contributed by atoms with Crippen LogP contribution in [0.2, 0.25) is 0 Å². The lowest BCUT2D eigenvalue weighted by Crippen LogP contribution is -2.33. The summed E-state index contributed by atoms with van der Waals surface area (Å²) in [5.41, 5.74) is 4.16. The Balaban J connectivity index is 0.000000278. The van der Waals surface area contributed by atoms with Crippen molar-refractivity contribution in [1.82, 2.24) is 0 Å². The van der Waals surface area contributed by atoms with E-state index in [0.29, 0.717) is 118 Å². The van der Waals surface area contributed by atoms with Gasteiger partial charge in [0.15, 0.2) is 30.4 Å². The second-order valence-electron chi connectivity index (χ2n) is 28.2. The Kier molecular flexibility index (Phi) is 43.5. The van der Waals surface area contributed by atoms with Crippen molar-refractivity contribution in [2.45, 2.75) is 187 Å². The SMILES string of the molecule is CC.CC.CC.CC.CC.CCC.CCC.CCC.CCC.CCC.COCOc1ccc2c(c1)Oc1cc(OCOC)ccc1C21OC(=O)c2ccccc21.O=C1OC2(c3ccc(O)cc3Oc3cc(O)ccc32)c2ccccc21.O=C1OC2(c3ccc(O)cc3Oc3cc(O)ccc32)c2ccccc21.Oc1cc(O)c2ccccc2c1.Oc1cccc2c(O)cccc12. The first-order valence-corrected chi connectivity index (χ1v) is 44.7. The highest BCUT2D eigenvalue weighted by atomic mass is 16.7. The zero-order chi connectivity index (χ0) is 96.4. The van der Waals surface area contributed by atoms with Crippen LogP contribution in [-0.2, 0) is 40.5 Å². The van der Waals surface area contributed by atoms with Crippen LogP contribution in [0.1, 0.15) is 252 Å². The number of fused-ring (bicyclic) bond motifs is 20. The standard InChI is InChI=1S/C24H20O7.2C20H12O5.2C10H8O2.5C3H8.5C2H6/c1-26-13-28-15-7-9-19-21(11-15)30-22-12-16(29-14-27-2)8-10-20(22)24(19)18-6-4-3-5-17(18)23(25)31-24;2*21-11-5-7-15-17(9-11)24-18-10-12(22)6-8-16(18)20(15)14-4-2-1-3-13(14)19(23)25-20;11-9-5-1-3-7-8(9)4-2-6-10(7)12;11-8-5-7-3-1-2-4-9(7)10(12)6-8;5*1-3-2;5*1-2/h3-12H,13-14H2,1-2H3;2*1-10,21-22H;2*1-6,11-12H;5*3H2,1-2H3;5*1-2H3. The van der Waals surface area contributed by atoms with Crippen molar-refractivity contribution in [2.24, 2.45) is 0 Å². The molecule has 0 unspecified atom stereocenters. The monoisotopic (exact) mass is 1770 g/mol. The second kappa shape index (κ2) is 53.0. The summed E-state index contributed by atoms with van der Waals surface area (Å²) in [4.78, 5) is 37.9. The molecule has 0 atom stereocenters. The Morgan fingerprint density at radius 2 is 0.508 bits per heavy atom. The van der Waals surface area contributed by atoms with Gasteiger partial charge in [-0.05, 0) is 115 Å². The van der Waals surface area contributed by atoms with E-state index in [1.807, 2.05) is 148 Å². The number of rotatable bonds is 6. The van der Waals surface area contributed by atoms with E-state index in [-0.39, 0.29) is 65.6 Å². The Morgan fingerprint density at radius 1 is 0.254 bits per heavy atom. The first-order valence-electron chi connectivity index (χ1n) is 44.7. The highest BCUT2D eigenvalue weighted by Crippen LogP contribution is 2.61. The topological polar surface area (TPSA) is 305 Å². The van der Waals surface area contributed by atoms with Crippen LogP contribution in [0.4, 0.5) is 0 Å². The summed E-state index contributed by atoms with van der Waals surface area (Å²) < 4.78 is 57.0.